The van der Waals surface area contributed by atoms with Crippen molar-refractivity contribution in [2.24, 2.45) is 0 Å². The number of unbranched alkanes of at least 4 members (excludes halogenated alkanes) is 5. The van der Waals surface area contributed by atoms with Gasteiger partial charge in [-0.15, -0.1) is 0 Å². The van der Waals surface area contributed by atoms with E-state index in [2.05, 4.69) is 75.2 Å². The summed E-state index contributed by atoms with van der Waals surface area (Å²) in [7, 11) is 0. The fourth-order valence-electron chi connectivity index (χ4n) is 7.73. The summed E-state index contributed by atoms with van der Waals surface area (Å²) in [6, 6.07) is 5.28. The molecule has 3 aliphatic carbocycles. The number of rotatable bonds is 9. The van der Waals surface area contributed by atoms with Crippen LogP contribution in [0.25, 0.3) is 6.08 Å². The van der Waals surface area contributed by atoms with Crippen LogP contribution in [-0.2, 0) is 36.0 Å². The van der Waals surface area contributed by atoms with E-state index in [1.807, 2.05) is 0 Å². The third kappa shape index (κ3) is 3.78. The van der Waals surface area contributed by atoms with Crippen molar-refractivity contribution in [3.63, 3.8) is 0 Å². The van der Waals surface area contributed by atoms with Crippen molar-refractivity contribution in [2.45, 2.75) is 121 Å². The Kier molecular flexibility index (Phi) is 7.24. The summed E-state index contributed by atoms with van der Waals surface area (Å²) < 4.78 is 6.24. The summed E-state index contributed by atoms with van der Waals surface area (Å²) in [5, 5.41) is 0. The van der Waals surface area contributed by atoms with E-state index in [9.17, 15) is 0 Å². The third-order valence-electron chi connectivity index (χ3n) is 10.8. The van der Waals surface area contributed by atoms with Crippen LogP contribution < -0.4 is 0 Å². The van der Waals surface area contributed by atoms with Crippen LogP contribution in [0, 0.1) is 0 Å². The Morgan fingerprint density at radius 3 is 2.03 bits per heavy atom. The van der Waals surface area contributed by atoms with Crippen molar-refractivity contribution in [2.75, 3.05) is 0 Å². The van der Waals surface area contributed by atoms with Crippen molar-refractivity contribution in [1.82, 2.24) is 0 Å². The van der Waals surface area contributed by atoms with Crippen LogP contribution in [0.4, 0.5) is 0 Å². The molecule has 3 aliphatic rings. The van der Waals surface area contributed by atoms with Crippen LogP contribution >= 0.6 is 0 Å². The van der Waals surface area contributed by atoms with Crippen molar-refractivity contribution >= 4 is 6.08 Å². The molecule has 0 N–H and O–H groups in total. The molecule has 1 heteroatoms. The van der Waals surface area contributed by atoms with Gasteiger partial charge in [-0.05, 0) is 0 Å². The Labute approximate surface area is 209 Å². The van der Waals surface area contributed by atoms with E-state index in [0.717, 1.165) is 0 Å². The Morgan fingerprint density at radius 2 is 1.39 bits per heavy atom. The molecule has 0 fully saturated rings. The SMILES string of the molecule is CCCCCCCC[C]1([Hf]([CH3])([CH3])[C]2(C)C(C)=C(C)C(C)=C2C)C=Cc2cc3c(cc21)CCC3. The van der Waals surface area contributed by atoms with E-state index in [0.29, 0.717) is 6.34 Å². The van der Waals surface area contributed by atoms with Crippen molar-refractivity contribution in [3.05, 3.63) is 62.8 Å². The molecular formula is C32H48Hf. The molecule has 1 aromatic rings. The van der Waals surface area contributed by atoms with Gasteiger partial charge in [-0.2, -0.15) is 0 Å². The molecule has 0 nitrogen and oxygen atoms in total. The van der Waals surface area contributed by atoms with Crippen LogP contribution in [0.15, 0.2) is 40.5 Å². The topological polar surface area (TPSA) is 0 Å². The molecule has 0 heterocycles. The van der Waals surface area contributed by atoms with Crippen molar-refractivity contribution in [3.8, 4) is 0 Å². The number of fused-ring (bicyclic) bond motifs is 2. The van der Waals surface area contributed by atoms with E-state index < -0.39 is 20.0 Å². The number of allylic oxidation sites excluding steroid dienone is 5. The average Bonchev–Trinajstić information content (AvgIpc) is 3.45. The van der Waals surface area contributed by atoms with E-state index in [4.69, 9.17) is 0 Å². The van der Waals surface area contributed by atoms with Gasteiger partial charge in [-0.25, -0.2) is 0 Å². The molecule has 4 rings (SSSR count). The second-order valence-corrected chi connectivity index (χ2v) is 30.6. The molecule has 0 aliphatic heterocycles. The molecule has 1 atom stereocenters. The molecule has 180 valence electrons. The zero-order valence-corrected chi connectivity index (χ0v) is 26.5. The predicted octanol–water partition coefficient (Wildman–Crippen LogP) is 10.3. The molecule has 0 saturated carbocycles. The van der Waals surface area contributed by atoms with Gasteiger partial charge in [0.05, 0.1) is 0 Å². The van der Waals surface area contributed by atoms with Crippen molar-refractivity contribution in [1.29, 1.82) is 0 Å². The summed E-state index contributed by atoms with van der Waals surface area (Å²) in [6.45, 7) is 14.7. The predicted molar refractivity (Wildman–Crippen MR) is 144 cm³/mol. The van der Waals surface area contributed by atoms with Gasteiger partial charge in [-0.3, -0.25) is 0 Å². The Bertz CT molecular complexity index is 991. The van der Waals surface area contributed by atoms with Gasteiger partial charge in [-0.1, -0.05) is 0 Å². The minimum absolute atomic E-state index is 0.300. The number of benzene rings is 1. The van der Waals surface area contributed by atoms with E-state index in [1.165, 1.54) is 64.2 Å². The van der Waals surface area contributed by atoms with E-state index in [1.54, 1.807) is 44.5 Å². The van der Waals surface area contributed by atoms with Gasteiger partial charge >= 0.3 is 210 Å². The Hall–Kier alpha value is -0.690. The molecule has 0 bridgehead atoms. The summed E-state index contributed by atoms with van der Waals surface area (Å²) in [6.07, 6.45) is 18.9. The first-order valence-electron chi connectivity index (χ1n) is 13.8. The standard InChI is InChI=1S/C20H27.C10H15.2CH3.Hf/c1-2-3-4-5-6-7-9-16-12-13-19-14-17-10-8-11-18(17)15-20(16)19;1-6-7(2)9(4)10(5)8(6)3;;;/h12-15H,2-11H2,1H3;1-5H3;2*1H3;. The molecule has 0 radical (unpaired) electrons. The first-order chi connectivity index (χ1) is 15.6. The second kappa shape index (κ2) is 9.40. The molecular weight excluding hydrogens is 563 g/mol. The van der Waals surface area contributed by atoms with Gasteiger partial charge < -0.3 is 0 Å². The number of hydrogen-bond donors (Lipinski definition) is 0. The third-order valence-corrected chi connectivity index (χ3v) is 32.9. The second-order valence-electron chi connectivity index (χ2n) is 12.1. The first kappa shape index (κ1) is 25.4. The molecule has 33 heavy (non-hydrogen) atoms. The van der Waals surface area contributed by atoms with Crippen molar-refractivity contribution < 1.29 is 20.0 Å². The first-order valence-corrected chi connectivity index (χ1v) is 24.6. The van der Waals surface area contributed by atoms with Gasteiger partial charge in [0.2, 0.25) is 0 Å². The summed E-state index contributed by atoms with van der Waals surface area (Å²) in [5.41, 5.74) is 13.1. The normalized spacial score (nSPS) is 23.6. The zero-order chi connectivity index (χ0) is 24.0. The van der Waals surface area contributed by atoms with Gasteiger partial charge in [0.1, 0.15) is 0 Å². The Balaban J connectivity index is 1.78. The average molecular weight is 611 g/mol. The summed E-state index contributed by atoms with van der Waals surface area (Å²) in [5.74, 6) is 0. The fourth-order valence-corrected chi connectivity index (χ4v) is 26.9. The van der Waals surface area contributed by atoms with Crippen LogP contribution in [0.3, 0.4) is 0 Å². The number of aryl methyl sites for hydroxylation is 2. The Morgan fingerprint density at radius 1 is 0.818 bits per heavy atom. The van der Waals surface area contributed by atoms with Gasteiger partial charge in [0.15, 0.2) is 0 Å². The quantitative estimate of drug-likeness (QED) is 0.193. The van der Waals surface area contributed by atoms with Crippen LogP contribution in [0.5, 0.6) is 0 Å². The molecule has 0 amide bonds. The summed E-state index contributed by atoms with van der Waals surface area (Å²) >= 11 is -3.07. The molecule has 0 aromatic heterocycles. The monoisotopic (exact) mass is 612 g/mol. The van der Waals surface area contributed by atoms with Gasteiger partial charge in [0.25, 0.3) is 0 Å². The van der Waals surface area contributed by atoms with Crippen LogP contribution in [-0.4, -0.2) is 0 Å². The van der Waals surface area contributed by atoms with Gasteiger partial charge in [0, 0.05) is 0 Å². The molecule has 1 unspecified atom stereocenters. The van der Waals surface area contributed by atoms with Crippen LogP contribution in [0.1, 0.15) is 115 Å². The van der Waals surface area contributed by atoms with E-state index in [-0.39, 0.29) is 0 Å². The van der Waals surface area contributed by atoms with E-state index >= 15 is 0 Å². The summed E-state index contributed by atoms with van der Waals surface area (Å²) in [4.78, 5) is 0. The fraction of sp³-hybridized carbons (Fsp3) is 0.625. The maximum atomic E-state index is 2.82. The maximum absolute atomic E-state index is 3.07. The molecule has 0 spiro atoms. The molecule has 0 saturated heterocycles. The number of hydrogen-bond acceptors (Lipinski definition) is 0. The molecule has 1 aromatic carbocycles. The minimum atomic E-state index is -3.07. The zero-order valence-electron chi connectivity index (χ0n) is 22.9. The van der Waals surface area contributed by atoms with Crippen LogP contribution in [0.2, 0.25) is 12.5 Å².